The average molecular weight is 102 g/mol. The number of rotatable bonds is 1. The van der Waals surface area contributed by atoms with Gasteiger partial charge in [-0.1, -0.05) is 0 Å². The fourth-order valence-electron chi connectivity index (χ4n) is 0. The predicted octanol–water partition coefficient (Wildman–Crippen LogP) is 0.429. The van der Waals surface area contributed by atoms with Crippen molar-refractivity contribution >= 4 is 0 Å². The zero-order valence-corrected chi connectivity index (χ0v) is 5.02. The van der Waals surface area contributed by atoms with Gasteiger partial charge in [-0.15, -0.1) is 0 Å². The fraction of sp³-hybridized carbons (Fsp3) is 1.00. The molecule has 0 amide bonds. The van der Waals surface area contributed by atoms with Crippen LogP contribution in [0.25, 0.3) is 0 Å². The van der Waals surface area contributed by atoms with Crippen molar-refractivity contribution in [3.63, 3.8) is 0 Å². The van der Waals surface area contributed by atoms with Crippen LogP contribution in [0.5, 0.6) is 0 Å². The van der Waals surface area contributed by atoms with Crippen LogP contribution in [0, 0.1) is 0 Å². The van der Waals surface area contributed by atoms with Crippen LogP contribution < -0.4 is 5.73 Å². The molecule has 0 rings (SSSR count). The Hall–Kier alpha value is -0.0800. The molecule has 0 fully saturated rings. The summed E-state index contributed by atoms with van der Waals surface area (Å²) in [6, 6.07) is -0.396. The first-order valence-electron chi connectivity index (χ1n) is 2.38. The molecule has 0 aromatic rings. The van der Waals surface area contributed by atoms with E-state index in [4.69, 9.17) is 10.8 Å². The summed E-state index contributed by atoms with van der Waals surface area (Å²) in [4.78, 5) is 0. The van der Waals surface area contributed by atoms with Crippen molar-refractivity contribution in [1.82, 2.24) is 5.73 Å². The zero-order chi connectivity index (χ0) is 6.08. The molecule has 0 heterocycles. The lowest BCUT2D eigenvalue weighted by molar-refractivity contribution is 0.0557. The molecule has 0 unspecified atom stereocenters. The maximum Gasteiger partial charge on any atom is 0.0754 e. The van der Waals surface area contributed by atoms with Gasteiger partial charge in [0.2, 0.25) is 0 Å². The minimum atomic E-state index is -0.833. The molecule has 0 aliphatic heterocycles. The van der Waals surface area contributed by atoms with E-state index in [0.717, 1.165) is 0 Å². The fourth-order valence-corrected chi connectivity index (χ4v) is 0. The normalized spacial score (nSPS) is 16.7. The molecule has 7 heavy (non-hydrogen) atoms. The molecule has 0 aliphatic rings. The molecule has 0 bridgehead atoms. The molecule has 2 N–H and O–H groups in total. The van der Waals surface area contributed by atoms with Gasteiger partial charge in [-0.3, -0.25) is 5.73 Å². The van der Waals surface area contributed by atoms with E-state index in [2.05, 4.69) is 0 Å². The van der Waals surface area contributed by atoms with E-state index >= 15 is 0 Å². The van der Waals surface area contributed by atoms with Gasteiger partial charge in [0, 0.05) is 6.04 Å². The van der Waals surface area contributed by atoms with Crippen molar-refractivity contribution in [2.24, 2.45) is 0 Å². The summed E-state index contributed by atoms with van der Waals surface area (Å²) in [5.41, 5.74) is 6.15. The van der Waals surface area contributed by atoms with Crippen LogP contribution in [0.1, 0.15) is 20.8 Å². The van der Waals surface area contributed by atoms with Gasteiger partial charge in [0.15, 0.2) is 0 Å². The number of nitrogens with one attached hydrogen (secondary N) is 1. The highest BCUT2D eigenvalue weighted by Gasteiger charge is 2.17. The summed E-state index contributed by atoms with van der Waals surface area (Å²) in [7, 11) is 0. The van der Waals surface area contributed by atoms with Crippen LogP contribution in [-0.2, 0) is 0 Å². The van der Waals surface area contributed by atoms with Crippen molar-refractivity contribution in [2.45, 2.75) is 32.4 Å². The number of hydrogen-bond acceptors (Lipinski definition) is 1. The van der Waals surface area contributed by atoms with Crippen LogP contribution >= 0.6 is 0 Å². The average Bonchev–Trinajstić information content (AvgIpc) is 1.31. The van der Waals surface area contributed by atoms with E-state index in [0.29, 0.717) is 0 Å². The molecular formula is C5H12NO. The quantitative estimate of drug-likeness (QED) is 0.512. The lowest BCUT2D eigenvalue weighted by atomic mass is 10.0. The molecule has 43 valence electrons. The minimum absolute atomic E-state index is 0.396. The highest BCUT2D eigenvalue weighted by atomic mass is 16.3. The van der Waals surface area contributed by atoms with Gasteiger partial charge in [-0.05, 0) is 20.8 Å². The summed E-state index contributed by atoms with van der Waals surface area (Å²) in [6.07, 6.45) is 0. The predicted molar refractivity (Wildman–Crippen MR) is 28.9 cm³/mol. The van der Waals surface area contributed by atoms with Crippen molar-refractivity contribution < 1.29 is 5.11 Å². The third kappa shape index (κ3) is 2.60. The standard InChI is InChI=1S/C5H12NO/c1-4(6)5(2,3)7/h4,6-7H,1-3H3/t4-/m1/s1. The van der Waals surface area contributed by atoms with Crippen LogP contribution in [0.3, 0.4) is 0 Å². The molecule has 2 heteroatoms. The van der Waals surface area contributed by atoms with E-state index in [1.165, 1.54) is 0 Å². The third-order valence-electron chi connectivity index (χ3n) is 1.06. The first-order chi connectivity index (χ1) is 2.94. The molecule has 1 radical (unpaired) electrons. The second-order valence-electron chi connectivity index (χ2n) is 2.38. The van der Waals surface area contributed by atoms with Crippen molar-refractivity contribution in [3.8, 4) is 0 Å². The number of hydrogen-bond donors (Lipinski definition) is 1. The number of aliphatic hydroxyl groups is 1. The summed E-state index contributed by atoms with van der Waals surface area (Å²) in [6.45, 7) is 4.93. The molecule has 0 saturated carbocycles. The minimum Gasteiger partial charge on any atom is -0.389 e. The Labute approximate surface area is 44.3 Å². The highest BCUT2D eigenvalue weighted by Crippen LogP contribution is 2.04. The Bertz CT molecular complexity index is 53.6. The molecule has 0 aromatic carbocycles. The lowest BCUT2D eigenvalue weighted by Gasteiger charge is -2.19. The van der Waals surface area contributed by atoms with E-state index < -0.39 is 11.6 Å². The molecule has 0 saturated heterocycles. The lowest BCUT2D eigenvalue weighted by Crippen LogP contribution is -2.34. The van der Waals surface area contributed by atoms with Gasteiger partial charge < -0.3 is 5.11 Å². The van der Waals surface area contributed by atoms with Crippen molar-refractivity contribution in [3.05, 3.63) is 0 Å². The maximum atomic E-state index is 8.91. The van der Waals surface area contributed by atoms with Gasteiger partial charge in [0.1, 0.15) is 0 Å². The van der Waals surface area contributed by atoms with Crippen LogP contribution in [0.4, 0.5) is 0 Å². The van der Waals surface area contributed by atoms with Gasteiger partial charge in [-0.2, -0.15) is 0 Å². The summed E-state index contributed by atoms with van der Waals surface area (Å²) in [5, 5.41) is 8.91. The second kappa shape index (κ2) is 1.80. The molecular weight excluding hydrogens is 90.1 g/mol. The van der Waals surface area contributed by atoms with Crippen molar-refractivity contribution in [2.75, 3.05) is 0 Å². The summed E-state index contributed by atoms with van der Waals surface area (Å²) in [5.74, 6) is 0. The monoisotopic (exact) mass is 102 g/mol. The Balaban J connectivity index is 3.54. The summed E-state index contributed by atoms with van der Waals surface area (Å²) >= 11 is 0. The Kier molecular flexibility index (Phi) is 1.78. The van der Waals surface area contributed by atoms with E-state index in [1.54, 1.807) is 20.8 Å². The Morgan fingerprint density at radius 1 is 1.57 bits per heavy atom. The molecule has 0 spiro atoms. The Morgan fingerprint density at radius 3 is 1.71 bits per heavy atom. The molecule has 2 nitrogen and oxygen atoms in total. The molecule has 1 atom stereocenters. The smallest absolute Gasteiger partial charge is 0.0754 e. The molecule has 0 aromatic heterocycles. The van der Waals surface area contributed by atoms with Crippen LogP contribution in [0.15, 0.2) is 0 Å². The first kappa shape index (κ1) is 6.92. The van der Waals surface area contributed by atoms with Crippen molar-refractivity contribution in [1.29, 1.82) is 0 Å². The van der Waals surface area contributed by atoms with Crippen LogP contribution in [-0.4, -0.2) is 16.7 Å². The van der Waals surface area contributed by atoms with E-state index in [1.807, 2.05) is 0 Å². The van der Waals surface area contributed by atoms with Gasteiger partial charge >= 0.3 is 0 Å². The highest BCUT2D eigenvalue weighted by molar-refractivity contribution is 4.74. The maximum absolute atomic E-state index is 8.91. The zero-order valence-electron chi connectivity index (χ0n) is 5.02. The second-order valence-corrected chi connectivity index (χ2v) is 2.38. The first-order valence-corrected chi connectivity index (χ1v) is 2.38. The van der Waals surface area contributed by atoms with Gasteiger partial charge in [0.25, 0.3) is 0 Å². The van der Waals surface area contributed by atoms with Gasteiger partial charge in [-0.25, -0.2) is 0 Å². The van der Waals surface area contributed by atoms with Gasteiger partial charge in [0.05, 0.1) is 5.60 Å². The van der Waals surface area contributed by atoms with Crippen LogP contribution in [0.2, 0.25) is 0 Å². The Morgan fingerprint density at radius 2 is 1.71 bits per heavy atom. The van der Waals surface area contributed by atoms with E-state index in [9.17, 15) is 0 Å². The summed E-state index contributed by atoms with van der Waals surface area (Å²) < 4.78 is 0. The SMILES string of the molecule is C[C@@H]([NH])C(C)(C)O. The topological polar surface area (TPSA) is 44.0 Å². The molecule has 0 aliphatic carbocycles. The largest absolute Gasteiger partial charge is 0.389 e. The van der Waals surface area contributed by atoms with E-state index in [-0.39, 0.29) is 0 Å². The third-order valence-corrected chi connectivity index (χ3v) is 1.06.